The van der Waals surface area contributed by atoms with Crippen LogP contribution in [0, 0.1) is 20.8 Å². The summed E-state index contributed by atoms with van der Waals surface area (Å²) in [6, 6.07) is 13.1. The van der Waals surface area contributed by atoms with Crippen LogP contribution in [0.3, 0.4) is 0 Å². The number of nitrogens with zero attached hydrogens (tertiary/aromatic N) is 1. The molecule has 2 aromatic carbocycles. The topological polar surface area (TPSA) is 72.5 Å². The van der Waals surface area contributed by atoms with Gasteiger partial charge in [-0.25, -0.2) is 0 Å². The second-order valence-electron chi connectivity index (χ2n) is 6.85. The van der Waals surface area contributed by atoms with E-state index in [1.54, 1.807) is 30.5 Å². The highest BCUT2D eigenvalue weighted by molar-refractivity contribution is 6.03. The molecule has 28 heavy (non-hydrogen) atoms. The van der Waals surface area contributed by atoms with Crippen LogP contribution >= 0.6 is 0 Å². The number of aryl methyl sites for hydroxylation is 3. The molecule has 0 fully saturated rings. The lowest BCUT2D eigenvalue weighted by Crippen LogP contribution is -2.13. The van der Waals surface area contributed by atoms with E-state index in [0.29, 0.717) is 22.9 Å². The molecule has 1 aliphatic heterocycles. The van der Waals surface area contributed by atoms with Gasteiger partial charge in [-0.1, -0.05) is 17.7 Å². The highest BCUT2D eigenvalue weighted by atomic mass is 16.7. The minimum absolute atomic E-state index is 0.194. The summed E-state index contributed by atoms with van der Waals surface area (Å²) in [7, 11) is 0. The van der Waals surface area contributed by atoms with Crippen molar-refractivity contribution in [2.75, 3.05) is 17.4 Å². The Hall–Kier alpha value is -3.54. The summed E-state index contributed by atoms with van der Waals surface area (Å²) < 4.78 is 10.6. The van der Waals surface area contributed by atoms with Crippen LogP contribution in [-0.2, 0) is 0 Å². The molecule has 0 bridgehead atoms. The first-order valence-electron chi connectivity index (χ1n) is 9.01. The van der Waals surface area contributed by atoms with Crippen molar-refractivity contribution >= 4 is 23.0 Å². The predicted octanol–water partition coefficient (Wildman–Crippen LogP) is 4.73. The van der Waals surface area contributed by atoms with Gasteiger partial charge in [0.2, 0.25) is 6.79 Å². The molecule has 0 saturated carbocycles. The van der Waals surface area contributed by atoms with E-state index in [0.717, 1.165) is 22.5 Å². The van der Waals surface area contributed by atoms with Gasteiger partial charge in [-0.2, -0.15) is 0 Å². The quantitative estimate of drug-likeness (QED) is 0.690. The Balaban J connectivity index is 1.53. The average molecular weight is 375 g/mol. The van der Waals surface area contributed by atoms with E-state index in [4.69, 9.17) is 9.47 Å². The Bertz CT molecular complexity index is 1040. The highest BCUT2D eigenvalue weighted by Gasteiger charge is 2.15. The predicted molar refractivity (Wildman–Crippen MR) is 109 cm³/mol. The third-order valence-corrected chi connectivity index (χ3v) is 4.57. The van der Waals surface area contributed by atoms with Crippen LogP contribution < -0.4 is 20.1 Å². The maximum Gasteiger partial charge on any atom is 0.274 e. The molecule has 2 heterocycles. The summed E-state index contributed by atoms with van der Waals surface area (Å²) in [4.78, 5) is 16.8. The molecule has 1 aromatic heterocycles. The Kier molecular flexibility index (Phi) is 4.61. The van der Waals surface area contributed by atoms with Crippen LogP contribution in [0.4, 0.5) is 17.1 Å². The number of benzene rings is 2. The normalized spacial score (nSPS) is 12.0. The summed E-state index contributed by atoms with van der Waals surface area (Å²) >= 11 is 0. The summed E-state index contributed by atoms with van der Waals surface area (Å²) in [6.07, 6.45) is 1.62. The summed E-state index contributed by atoms with van der Waals surface area (Å²) in [5, 5.41) is 6.25. The molecular formula is C22H21N3O3. The summed E-state index contributed by atoms with van der Waals surface area (Å²) in [5.74, 6) is 0.998. The zero-order chi connectivity index (χ0) is 19.7. The zero-order valence-corrected chi connectivity index (χ0v) is 16.0. The van der Waals surface area contributed by atoms with Crippen molar-refractivity contribution in [1.29, 1.82) is 0 Å². The average Bonchev–Trinajstić information content (AvgIpc) is 3.12. The van der Waals surface area contributed by atoms with Crippen molar-refractivity contribution < 1.29 is 14.3 Å². The largest absolute Gasteiger partial charge is 0.454 e. The smallest absolute Gasteiger partial charge is 0.274 e. The van der Waals surface area contributed by atoms with Crippen LogP contribution in [0.25, 0.3) is 0 Å². The Labute approximate surface area is 163 Å². The lowest BCUT2D eigenvalue weighted by Gasteiger charge is -2.14. The monoisotopic (exact) mass is 375 g/mol. The lowest BCUT2D eigenvalue weighted by molar-refractivity contribution is 0.102. The molecule has 4 rings (SSSR count). The number of ether oxygens (including phenoxy) is 2. The third-order valence-electron chi connectivity index (χ3n) is 4.57. The highest BCUT2D eigenvalue weighted by Crippen LogP contribution is 2.34. The van der Waals surface area contributed by atoms with Crippen LogP contribution in [0.15, 0.2) is 48.7 Å². The van der Waals surface area contributed by atoms with Gasteiger partial charge in [-0.3, -0.25) is 9.78 Å². The molecule has 1 amide bonds. The molecule has 2 N–H and O–H groups in total. The van der Waals surface area contributed by atoms with Crippen molar-refractivity contribution in [3.05, 3.63) is 71.0 Å². The van der Waals surface area contributed by atoms with Gasteiger partial charge in [0, 0.05) is 29.3 Å². The number of hydrogen-bond acceptors (Lipinski definition) is 5. The molecule has 0 atom stereocenters. The summed E-state index contributed by atoms with van der Waals surface area (Å²) in [6.45, 7) is 6.40. The standard InChI is InChI=1S/C22H21N3O3/c1-13-8-14(2)21(15(3)9-13)24-17-6-7-23-18(10-17)22(26)25-16-4-5-19-20(11-16)28-12-27-19/h4-11H,12H2,1-3H3,(H,23,24)(H,25,26). The fraction of sp³-hybridized carbons (Fsp3) is 0.182. The number of nitrogens with one attached hydrogen (secondary N) is 2. The van der Waals surface area contributed by atoms with Crippen molar-refractivity contribution in [1.82, 2.24) is 4.98 Å². The van der Waals surface area contributed by atoms with Gasteiger partial charge in [-0.15, -0.1) is 0 Å². The van der Waals surface area contributed by atoms with Crippen molar-refractivity contribution in [3.8, 4) is 11.5 Å². The van der Waals surface area contributed by atoms with Gasteiger partial charge in [0.1, 0.15) is 5.69 Å². The first kappa shape index (κ1) is 17.9. The van der Waals surface area contributed by atoms with Gasteiger partial charge in [0.15, 0.2) is 11.5 Å². The first-order chi connectivity index (χ1) is 13.5. The SMILES string of the molecule is Cc1cc(C)c(Nc2ccnc(C(=O)Nc3ccc4c(c3)OCO4)c2)c(C)c1. The molecule has 0 unspecified atom stereocenters. The number of pyridine rings is 1. The molecular weight excluding hydrogens is 354 g/mol. The van der Waals surface area contributed by atoms with Crippen LogP contribution in [0.5, 0.6) is 11.5 Å². The van der Waals surface area contributed by atoms with Gasteiger partial charge in [0.25, 0.3) is 5.91 Å². The molecule has 6 nitrogen and oxygen atoms in total. The Morgan fingerprint density at radius 2 is 1.68 bits per heavy atom. The van der Waals surface area contributed by atoms with E-state index in [1.165, 1.54) is 5.56 Å². The van der Waals surface area contributed by atoms with Gasteiger partial charge < -0.3 is 20.1 Å². The van der Waals surface area contributed by atoms with E-state index < -0.39 is 0 Å². The second-order valence-corrected chi connectivity index (χ2v) is 6.85. The molecule has 6 heteroatoms. The second kappa shape index (κ2) is 7.23. The number of anilines is 3. The van der Waals surface area contributed by atoms with Crippen LogP contribution in [0.1, 0.15) is 27.2 Å². The Morgan fingerprint density at radius 3 is 2.46 bits per heavy atom. The van der Waals surface area contributed by atoms with Crippen molar-refractivity contribution in [2.24, 2.45) is 0 Å². The van der Waals surface area contributed by atoms with E-state index in [9.17, 15) is 4.79 Å². The number of amides is 1. The fourth-order valence-electron chi connectivity index (χ4n) is 3.32. The number of fused-ring (bicyclic) bond motifs is 1. The van der Waals surface area contributed by atoms with Gasteiger partial charge >= 0.3 is 0 Å². The molecule has 3 aromatic rings. The number of rotatable bonds is 4. The lowest BCUT2D eigenvalue weighted by atomic mass is 10.0. The minimum Gasteiger partial charge on any atom is -0.454 e. The van der Waals surface area contributed by atoms with Crippen molar-refractivity contribution in [2.45, 2.75) is 20.8 Å². The summed E-state index contributed by atoms with van der Waals surface area (Å²) in [5.41, 5.74) is 6.32. The molecule has 142 valence electrons. The zero-order valence-electron chi connectivity index (χ0n) is 16.0. The molecule has 0 radical (unpaired) electrons. The van der Waals surface area contributed by atoms with E-state index in [1.807, 2.05) is 6.07 Å². The van der Waals surface area contributed by atoms with Gasteiger partial charge in [-0.05, 0) is 56.2 Å². The maximum absolute atomic E-state index is 12.6. The molecule has 0 spiro atoms. The number of carbonyl (C=O) groups excluding carboxylic acids is 1. The van der Waals surface area contributed by atoms with E-state index >= 15 is 0 Å². The van der Waals surface area contributed by atoms with Gasteiger partial charge in [0.05, 0.1) is 0 Å². The first-order valence-corrected chi connectivity index (χ1v) is 9.01. The molecule has 0 saturated heterocycles. The number of carbonyl (C=O) groups is 1. The number of aromatic nitrogens is 1. The third kappa shape index (κ3) is 3.62. The van der Waals surface area contributed by atoms with Crippen LogP contribution in [-0.4, -0.2) is 17.7 Å². The fourth-order valence-corrected chi connectivity index (χ4v) is 3.32. The molecule has 0 aliphatic carbocycles. The maximum atomic E-state index is 12.6. The number of hydrogen-bond donors (Lipinski definition) is 2. The Morgan fingerprint density at radius 1 is 0.929 bits per heavy atom. The van der Waals surface area contributed by atoms with Crippen molar-refractivity contribution in [3.63, 3.8) is 0 Å². The molecule has 1 aliphatic rings. The van der Waals surface area contributed by atoms with E-state index in [2.05, 4.69) is 48.5 Å². The minimum atomic E-state index is -0.292. The van der Waals surface area contributed by atoms with Crippen LogP contribution in [0.2, 0.25) is 0 Å². The van der Waals surface area contributed by atoms with E-state index in [-0.39, 0.29) is 12.7 Å².